The molecule has 0 unspecified atom stereocenters. The fraction of sp³-hybridized carbons (Fsp3) is 0.133. The van der Waals surface area contributed by atoms with Gasteiger partial charge in [-0.25, -0.2) is 4.98 Å². The third-order valence-electron chi connectivity index (χ3n) is 3.04. The molecule has 2 aromatic heterocycles. The molecule has 0 amide bonds. The maximum absolute atomic E-state index is 12.3. The van der Waals surface area contributed by atoms with E-state index in [1.54, 1.807) is 0 Å². The van der Waals surface area contributed by atoms with Gasteiger partial charge >= 0.3 is 0 Å². The number of aromatic amines is 1. The van der Waals surface area contributed by atoms with Gasteiger partial charge in [0, 0.05) is 10.9 Å². The predicted octanol–water partition coefficient (Wildman–Crippen LogP) is 2.90. The summed E-state index contributed by atoms with van der Waals surface area (Å²) in [7, 11) is 0. The molecular formula is C15H11N5OS2. The molecule has 2 heterocycles. The van der Waals surface area contributed by atoms with Crippen molar-refractivity contribution < 1.29 is 4.79 Å². The first-order valence-corrected chi connectivity index (χ1v) is 8.56. The first-order chi connectivity index (χ1) is 11.3. The molecule has 0 fully saturated rings. The van der Waals surface area contributed by atoms with Crippen LogP contribution in [0.25, 0.3) is 11.3 Å². The van der Waals surface area contributed by atoms with Crippen LogP contribution in [0.4, 0.5) is 0 Å². The summed E-state index contributed by atoms with van der Waals surface area (Å²) in [5.74, 6) is -0.878. The average Bonchev–Trinajstić information content (AvgIpc) is 3.26. The fourth-order valence-corrected chi connectivity index (χ4v) is 3.50. The number of carbonyl (C=O) groups is 1. The van der Waals surface area contributed by atoms with Gasteiger partial charge in [0.25, 0.3) is 0 Å². The van der Waals surface area contributed by atoms with E-state index < -0.39 is 5.92 Å². The zero-order valence-electron chi connectivity index (χ0n) is 11.8. The lowest BCUT2D eigenvalue weighted by molar-refractivity contribution is -0.116. The Bertz CT molecular complexity index is 823. The van der Waals surface area contributed by atoms with Crippen LogP contribution in [0.5, 0.6) is 0 Å². The van der Waals surface area contributed by atoms with E-state index in [0.29, 0.717) is 10.0 Å². The lowest BCUT2D eigenvalue weighted by Gasteiger charge is -2.03. The van der Waals surface area contributed by atoms with Crippen molar-refractivity contribution in [2.75, 3.05) is 5.75 Å². The summed E-state index contributed by atoms with van der Waals surface area (Å²) in [5.41, 5.74) is 1.75. The maximum atomic E-state index is 12.3. The highest BCUT2D eigenvalue weighted by Gasteiger charge is 2.24. The molecule has 1 atom stereocenters. The highest BCUT2D eigenvalue weighted by Crippen LogP contribution is 2.28. The Hall–Kier alpha value is -2.50. The molecule has 0 saturated carbocycles. The Balaban J connectivity index is 1.72. The monoisotopic (exact) mass is 341 g/mol. The number of ketones is 1. The molecule has 6 nitrogen and oxygen atoms in total. The van der Waals surface area contributed by atoms with Crippen molar-refractivity contribution in [2.45, 2.75) is 10.9 Å². The molecule has 0 aliphatic rings. The zero-order valence-corrected chi connectivity index (χ0v) is 13.5. The van der Waals surface area contributed by atoms with Gasteiger partial charge in [-0.15, -0.1) is 16.4 Å². The van der Waals surface area contributed by atoms with Crippen molar-refractivity contribution in [1.82, 2.24) is 20.4 Å². The molecule has 1 N–H and O–H groups in total. The molecule has 0 aliphatic carbocycles. The summed E-state index contributed by atoms with van der Waals surface area (Å²) in [5, 5.41) is 22.4. The second kappa shape index (κ2) is 7.17. The molecule has 3 aromatic rings. The van der Waals surface area contributed by atoms with Crippen molar-refractivity contribution in [1.29, 1.82) is 5.26 Å². The first kappa shape index (κ1) is 15.4. The van der Waals surface area contributed by atoms with Crippen molar-refractivity contribution in [3.05, 3.63) is 46.9 Å². The van der Waals surface area contributed by atoms with Crippen molar-refractivity contribution >= 4 is 28.9 Å². The Labute approximate surface area is 140 Å². The van der Waals surface area contributed by atoms with Crippen LogP contribution >= 0.6 is 23.1 Å². The quantitative estimate of drug-likeness (QED) is 0.693. The van der Waals surface area contributed by atoms with E-state index in [2.05, 4.69) is 26.5 Å². The SMILES string of the molecule is N#C[C@H](C(=O)CSc1cn[nH]n1)c1nc(-c2ccccc2)cs1. The molecular weight excluding hydrogens is 330 g/mol. The number of H-pyrrole nitrogens is 1. The van der Waals surface area contributed by atoms with E-state index in [4.69, 9.17) is 0 Å². The van der Waals surface area contributed by atoms with Crippen LogP contribution < -0.4 is 0 Å². The molecule has 3 rings (SSSR count). The summed E-state index contributed by atoms with van der Waals surface area (Å²) in [6.45, 7) is 0. The predicted molar refractivity (Wildman–Crippen MR) is 88.0 cm³/mol. The van der Waals surface area contributed by atoms with Gasteiger partial charge in [-0.1, -0.05) is 42.1 Å². The van der Waals surface area contributed by atoms with Crippen molar-refractivity contribution in [3.8, 4) is 17.3 Å². The van der Waals surface area contributed by atoms with Gasteiger partial charge in [0.15, 0.2) is 11.7 Å². The number of nitrogens with one attached hydrogen (secondary N) is 1. The number of nitriles is 1. The zero-order chi connectivity index (χ0) is 16.1. The fourth-order valence-electron chi connectivity index (χ4n) is 1.92. The molecule has 8 heteroatoms. The number of thiazole rings is 1. The van der Waals surface area contributed by atoms with Gasteiger partial charge in [0.2, 0.25) is 0 Å². The molecule has 114 valence electrons. The van der Waals surface area contributed by atoms with Crippen LogP contribution in [0, 0.1) is 11.3 Å². The van der Waals surface area contributed by atoms with E-state index in [-0.39, 0.29) is 11.5 Å². The maximum Gasteiger partial charge on any atom is 0.167 e. The average molecular weight is 341 g/mol. The van der Waals surface area contributed by atoms with Gasteiger partial charge < -0.3 is 0 Å². The third kappa shape index (κ3) is 3.64. The summed E-state index contributed by atoms with van der Waals surface area (Å²) >= 11 is 2.58. The second-order valence-corrected chi connectivity index (χ2v) is 6.45. The normalized spacial score (nSPS) is 11.8. The van der Waals surface area contributed by atoms with Gasteiger partial charge in [-0.3, -0.25) is 4.79 Å². The minimum absolute atomic E-state index is 0.158. The minimum Gasteiger partial charge on any atom is -0.297 e. The Kier molecular flexibility index (Phi) is 4.80. The van der Waals surface area contributed by atoms with Crippen LogP contribution in [0.2, 0.25) is 0 Å². The number of carbonyl (C=O) groups excluding carboxylic acids is 1. The smallest absolute Gasteiger partial charge is 0.167 e. The van der Waals surface area contributed by atoms with Crippen LogP contribution in [-0.2, 0) is 4.79 Å². The number of nitrogens with zero attached hydrogens (tertiary/aromatic N) is 4. The second-order valence-electron chi connectivity index (χ2n) is 4.56. The van der Waals surface area contributed by atoms with Crippen LogP contribution in [0.1, 0.15) is 10.9 Å². The van der Waals surface area contributed by atoms with E-state index in [0.717, 1.165) is 11.3 Å². The van der Waals surface area contributed by atoms with E-state index in [9.17, 15) is 10.1 Å². The molecule has 1 aromatic carbocycles. The molecule has 0 aliphatic heterocycles. The molecule has 0 saturated heterocycles. The van der Waals surface area contributed by atoms with Crippen molar-refractivity contribution in [2.24, 2.45) is 0 Å². The standard InChI is InChI=1S/C15H11N5OS2/c16-6-11(13(21)9-22-14-7-17-20-19-14)15-18-12(8-23-15)10-4-2-1-3-5-10/h1-5,7-8,11H,9H2,(H,17,19,20)/t11-/m1/s1. The third-order valence-corrected chi connectivity index (χ3v) is 4.88. The lowest BCUT2D eigenvalue weighted by Crippen LogP contribution is -2.13. The van der Waals surface area contributed by atoms with Crippen molar-refractivity contribution in [3.63, 3.8) is 0 Å². The Morgan fingerprint density at radius 1 is 1.39 bits per heavy atom. The van der Waals surface area contributed by atoms with Gasteiger partial charge in [-0.05, 0) is 0 Å². The number of hydrogen-bond donors (Lipinski definition) is 1. The highest BCUT2D eigenvalue weighted by atomic mass is 32.2. The number of benzene rings is 1. The summed E-state index contributed by atoms with van der Waals surface area (Å²) in [4.78, 5) is 16.7. The lowest BCUT2D eigenvalue weighted by atomic mass is 10.1. The topological polar surface area (TPSA) is 95.3 Å². The van der Waals surface area contributed by atoms with Gasteiger partial charge in [0.05, 0.1) is 23.7 Å². The van der Waals surface area contributed by atoms with Crippen LogP contribution in [0.3, 0.4) is 0 Å². The highest BCUT2D eigenvalue weighted by molar-refractivity contribution is 7.99. The Morgan fingerprint density at radius 2 is 2.22 bits per heavy atom. The number of aromatic nitrogens is 4. The number of hydrogen-bond acceptors (Lipinski definition) is 7. The molecule has 0 bridgehead atoms. The Morgan fingerprint density at radius 3 is 2.91 bits per heavy atom. The molecule has 0 spiro atoms. The number of thioether (sulfide) groups is 1. The van der Waals surface area contributed by atoms with Gasteiger partial charge in [0.1, 0.15) is 10.0 Å². The van der Waals surface area contributed by atoms with E-state index >= 15 is 0 Å². The molecule has 23 heavy (non-hydrogen) atoms. The van der Waals surface area contributed by atoms with E-state index in [1.807, 2.05) is 35.7 Å². The first-order valence-electron chi connectivity index (χ1n) is 6.69. The van der Waals surface area contributed by atoms with Crippen LogP contribution in [-0.4, -0.2) is 31.9 Å². The summed E-state index contributed by atoms with van der Waals surface area (Å²) in [6.07, 6.45) is 1.54. The van der Waals surface area contributed by atoms with E-state index in [1.165, 1.54) is 29.3 Å². The van der Waals surface area contributed by atoms with Gasteiger partial charge in [-0.2, -0.15) is 15.6 Å². The van der Waals surface area contributed by atoms with Crippen LogP contribution in [0.15, 0.2) is 46.9 Å². The summed E-state index contributed by atoms with van der Waals surface area (Å²) < 4.78 is 0. The largest absolute Gasteiger partial charge is 0.297 e. The number of rotatable bonds is 6. The number of Topliss-reactive ketones (excluding diaryl/α,β-unsaturated/α-hetero) is 1. The molecule has 0 radical (unpaired) electrons. The minimum atomic E-state index is -0.850. The summed E-state index contributed by atoms with van der Waals surface area (Å²) in [6, 6.07) is 11.7.